The zero-order valence-corrected chi connectivity index (χ0v) is 16.8. The third-order valence-electron chi connectivity index (χ3n) is 5.21. The van der Waals surface area contributed by atoms with Crippen LogP contribution in [-0.2, 0) is 0 Å². The molecule has 0 fully saturated rings. The second-order valence-corrected chi connectivity index (χ2v) is 7.38. The van der Waals surface area contributed by atoms with Gasteiger partial charge in [0.15, 0.2) is 0 Å². The number of nitrogens with zero attached hydrogens (tertiary/aromatic N) is 3. The standard InChI is InChI=1S/C25H20N4O/c1-16-11-12-21-19(14-16)15-20(17(2)26-21)25(30)28-24-23(18-8-4-3-5-9-18)27-22-10-6-7-13-29(22)24/h3-15H,1-2H3,(H,28,30). The van der Waals surface area contributed by atoms with Gasteiger partial charge in [0.1, 0.15) is 17.2 Å². The molecule has 0 unspecified atom stereocenters. The molecule has 5 rings (SSSR count). The number of benzene rings is 2. The van der Waals surface area contributed by atoms with Crippen LogP contribution in [0.2, 0.25) is 0 Å². The normalized spacial score (nSPS) is 11.1. The van der Waals surface area contributed by atoms with Crippen molar-refractivity contribution in [1.29, 1.82) is 0 Å². The fourth-order valence-corrected chi connectivity index (χ4v) is 3.71. The summed E-state index contributed by atoms with van der Waals surface area (Å²) in [6, 6.07) is 23.6. The van der Waals surface area contributed by atoms with Crippen molar-refractivity contribution in [3.05, 3.63) is 95.8 Å². The van der Waals surface area contributed by atoms with Crippen LogP contribution in [0.15, 0.2) is 79.0 Å². The van der Waals surface area contributed by atoms with Gasteiger partial charge in [-0.05, 0) is 44.2 Å². The van der Waals surface area contributed by atoms with E-state index in [4.69, 9.17) is 4.98 Å². The second kappa shape index (κ2) is 7.12. The topological polar surface area (TPSA) is 59.3 Å². The van der Waals surface area contributed by atoms with Crippen LogP contribution in [0.5, 0.6) is 0 Å². The molecule has 1 N–H and O–H groups in total. The number of carbonyl (C=O) groups excluding carboxylic acids is 1. The number of pyridine rings is 2. The van der Waals surface area contributed by atoms with Crippen LogP contribution in [0.25, 0.3) is 27.8 Å². The molecule has 0 aliphatic carbocycles. The fourth-order valence-electron chi connectivity index (χ4n) is 3.71. The summed E-state index contributed by atoms with van der Waals surface area (Å²) in [5, 5.41) is 4.04. The lowest BCUT2D eigenvalue weighted by Crippen LogP contribution is -2.16. The van der Waals surface area contributed by atoms with E-state index in [2.05, 4.69) is 10.3 Å². The van der Waals surface area contributed by atoms with Crippen molar-refractivity contribution in [3.8, 4) is 11.3 Å². The minimum Gasteiger partial charge on any atom is -0.306 e. The second-order valence-electron chi connectivity index (χ2n) is 7.38. The van der Waals surface area contributed by atoms with Crippen LogP contribution < -0.4 is 5.32 Å². The highest BCUT2D eigenvalue weighted by molar-refractivity contribution is 6.08. The van der Waals surface area contributed by atoms with Crippen LogP contribution in [0, 0.1) is 13.8 Å². The van der Waals surface area contributed by atoms with Crippen LogP contribution in [-0.4, -0.2) is 20.3 Å². The SMILES string of the molecule is Cc1ccc2nc(C)c(C(=O)Nc3c(-c4ccccc4)nc4ccccn34)cc2c1. The highest BCUT2D eigenvalue weighted by atomic mass is 16.1. The number of aromatic nitrogens is 3. The number of hydrogen-bond donors (Lipinski definition) is 1. The first-order valence-corrected chi connectivity index (χ1v) is 9.82. The van der Waals surface area contributed by atoms with E-state index < -0.39 is 0 Å². The Hall–Kier alpha value is -3.99. The Kier molecular flexibility index (Phi) is 4.29. The number of aryl methyl sites for hydroxylation is 2. The molecule has 30 heavy (non-hydrogen) atoms. The van der Waals surface area contributed by atoms with Crippen LogP contribution >= 0.6 is 0 Å². The molecule has 0 aliphatic rings. The molecule has 0 spiro atoms. The number of fused-ring (bicyclic) bond motifs is 2. The first kappa shape index (κ1) is 18.1. The lowest BCUT2D eigenvalue weighted by molar-refractivity contribution is 0.102. The number of anilines is 1. The summed E-state index contributed by atoms with van der Waals surface area (Å²) < 4.78 is 1.90. The summed E-state index contributed by atoms with van der Waals surface area (Å²) in [4.78, 5) is 22.7. The first-order chi connectivity index (χ1) is 14.6. The van der Waals surface area contributed by atoms with Gasteiger partial charge in [-0.3, -0.25) is 14.2 Å². The van der Waals surface area contributed by atoms with Crippen LogP contribution in [0.3, 0.4) is 0 Å². The van der Waals surface area contributed by atoms with Gasteiger partial charge in [-0.25, -0.2) is 4.98 Å². The van der Waals surface area contributed by atoms with E-state index in [1.165, 1.54) is 0 Å². The quantitative estimate of drug-likeness (QED) is 0.446. The average Bonchev–Trinajstić information content (AvgIpc) is 3.12. The fraction of sp³-hybridized carbons (Fsp3) is 0.0800. The van der Waals surface area contributed by atoms with E-state index in [1.807, 2.05) is 97.2 Å². The molecular formula is C25H20N4O. The van der Waals surface area contributed by atoms with Crippen LogP contribution in [0.1, 0.15) is 21.6 Å². The predicted molar refractivity (Wildman–Crippen MR) is 120 cm³/mol. The van der Waals surface area contributed by atoms with Gasteiger partial charge >= 0.3 is 0 Å². The molecule has 0 atom stereocenters. The number of nitrogens with one attached hydrogen (secondary N) is 1. The molecule has 5 aromatic rings. The Morgan fingerprint density at radius 1 is 0.900 bits per heavy atom. The average molecular weight is 392 g/mol. The third-order valence-corrected chi connectivity index (χ3v) is 5.21. The minimum absolute atomic E-state index is 0.203. The third kappa shape index (κ3) is 3.10. The van der Waals surface area contributed by atoms with Crippen LogP contribution in [0.4, 0.5) is 5.82 Å². The number of amides is 1. The number of rotatable bonds is 3. The molecule has 1 amide bonds. The summed E-state index contributed by atoms with van der Waals surface area (Å²) in [5.74, 6) is 0.441. The summed E-state index contributed by atoms with van der Waals surface area (Å²) >= 11 is 0. The lowest BCUT2D eigenvalue weighted by Gasteiger charge is -2.11. The largest absolute Gasteiger partial charge is 0.306 e. The van der Waals surface area contributed by atoms with E-state index in [0.717, 1.165) is 33.4 Å². The maximum Gasteiger partial charge on any atom is 0.258 e. The van der Waals surface area contributed by atoms with Gasteiger partial charge in [0.25, 0.3) is 5.91 Å². The zero-order valence-electron chi connectivity index (χ0n) is 16.8. The minimum atomic E-state index is -0.203. The van der Waals surface area contributed by atoms with Crippen molar-refractivity contribution in [1.82, 2.24) is 14.4 Å². The Labute approximate surface area is 174 Å². The van der Waals surface area contributed by atoms with Gasteiger partial charge in [-0.15, -0.1) is 0 Å². The summed E-state index contributed by atoms with van der Waals surface area (Å²) in [5.41, 5.74) is 5.72. The van der Waals surface area contributed by atoms with Crippen molar-refractivity contribution in [2.24, 2.45) is 0 Å². The Balaban J connectivity index is 1.62. The zero-order chi connectivity index (χ0) is 20.7. The molecular weight excluding hydrogens is 372 g/mol. The van der Waals surface area contributed by atoms with Crippen molar-refractivity contribution in [2.75, 3.05) is 5.32 Å². The van der Waals surface area contributed by atoms with Gasteiger partial charge in [-0.1, -0.05) is 48.0 Å². The highest BCUT2D eigenvalue weighted by Crippen LogP contribution is 2.29. The molecule has 0 aliphatic heterocycles. The number of imidazole rings is 1. The molecule has 3 aromatic heterocycles. The summed E-state index contributed by atoms with van der Waals surface area (Å²) in [6.45, 7) is 3.89. The van der Waals surface area contributed by atoms with E-state index in [9.17, 15) is 4.79 Å². The maximum absolute atomic E-state index is 13.3. The van der Waals surface area contributed by atoms with E-state index in [0.29, 0.717) is 17.1 Å². The van der Waals surface area contributed by atoms with Gasteiger partial charge in [0, 0.05) is 17.1 Å². The highest BCUT2D eigenvalue weighted by Gasteiger charge is 2.19. The maximum atomic E-state index is 13.3. The number of carbonyl (C=O) groups is 1. The Bertz CT molecular complexity index is 1400. The van der Waals surface area contributed by atoms with E-state index in [-0.39, 0.29) is 5.91 Å². The smallest absolute Gasteiger partial charge is 0.258 e. The van der Waals surface area contributed by atoms with Gasteiger partial charge in [-0.2, -0.15) is 0 Å². The molecule has 146 valence electrons. The molecule has 2 aromatic carbocycles. The van der Waals surface area contributed by atoms with Gasteiger partial charge in [0.2, 0.25) is 0 Å². The van der Waals surface area contributed by atoms with Crippen molar-refractivity contribution in [3.63, 3.8) is 0 Å². The number of hydrogen-bond acceptors (Lipinski definition) is 3. The Morgan fingerprint density at radius 3 is 2.53 bits per heavy atom. The first-order valence-electron chi connectivity index (χ1n) is 9.82. The van der Waals surface area contributed by atoms with E-state index >= 15 is 0 Å². The molecule has 3 heterocycles. The molecule has 5 heteroatoms. The molecule has 0 bridgehead atoms. The summed E-state index contributed by atoms with van der Waals surface area (Å²) in [7, 11) is 0. The van der Waals surface area contributed by atoms with Gasteiger partial charge in [0.05, 0.1) is 16.8 Å². The molecule has 5 nitrogen and oxygen atoms in total. The monoisotopic (exact) mass is 392 g/mol. The van der Waals surface area contributed by atoms with E-state index in [1.54, 1.807) is 0 Å². The molecule has 0 radical (unpaired) electrons. The lowest BCUT2D eigenvalue weighted by atomic mass is 10.1. The van der Waals surface area contributed by atoms with Gasteiger partial charge < -0.3 is 5.32 Å². The molecule has 0 saturated carbocycles. The van der Waals surface area contributed by atoms with Crippen molar-refractivity contribution < 1.29 is 4.79 Å². The van der Waals surface area contributed by atoms with Crippen molar-refractivity contribution in [2.45, 2.75) is 13.8 Å². The Morgan fingerprint density at radius 2 is 1.70 bits per heavy atom. The predicted octanol–water partition coefficient (Wildman–Crippen LogP) is 5.42. The summed E-state index contributed by atoms with van der Waals surface area (Å²) in [6.07, 6.45) is 1.90. The van der Waals surface area contributed by atoms with Crippen molar-refractivity contribution >= 4 is 28.3 Å². The molecule has 0 saturated heterocycles.